The number of nitrogens with two attached hydrogens (primary N) is 1. The lowest BCUT2D eigenvalue weighted by Crippen LogP contribution is -2.05. The molecule has 100 valence electrons. The van der Waals surface area contributed by atoms with Crippen LogP contribution in [0.25, 0.3) is 11.3 Å². The molecule has 0 amide bonds. The molecular weight excluding hydrogens is 241 g/mol. The van der Waals surface area contributed by atoms with Gasteiger partial charge in [0.05, 0.1) is 0 Å². The summed E-state index contributed by atoms with van der Waals surface area (Å²) in [4.78, 5) is 4.59. The van der Waals surface area contributed by atoms with Gasteiger partial charge in [0.25, 0.3) is 0 Å². The molecule has 19 heavy (non-hydrogen) atoms. The van der Waals surface area contributed by atoms with Gasteiger partial charge in [0.1, 0.15) is 23.2 Å². The summed E-state index contributed by atoms with van der Waals surface area (Å²) in [5.41, 5.74) is 7.30. The van der Waals surface area contributed by atoms with Crippen molar-refractivity contribution in [1.82, 2.24) is 9.55 Å². The Morgan fingerprint density at radius 2 is 2.11 bits per heavy atom. The Labute approximate surface area is 112 Å². The van der Waals surface area contributed by atoms with E-state index in [0.29, 0.717) is 23.1 Å². The van der Waals surface area contributed by atoms with Crippen LogP contribution in [0.4, 0.5) is 10.2 Å². The van der Waals surface area contributed by atoms with Crippen LogP contribution < -0.4 is 5.73 Å². The zero-order valence-corrected chi connectivity index (χ0v) is 11.1. The van der Waals surface area contributed by atoms with E-state index in [-0.39, 0.29) is 5.82 Å². The van der Waals surface area contributed by atoms with Crippen LogP contribution in [-0.2, 0) is 6.42 Å². The molecule has 0 atom stereocenters. The average Bonchev–Trinajstić information content (AvgIpc) is 3.17. The van der Waals surface area contributed by atoms with Gasteiger partial charge < -0.3 is 10.3 Å². The molecule has 0 unspecified atom stereocenters. The van der Waals surface area contributed by atoms with E-state index in [1.165, 1.54) is 6.07 Å². The minimum absolute atomic E-state index is 0.266. The molecule has 0 bridgehead atoms. The van der Waals surface area contributed by atoms with Gasteiger partial charge in [0.2, 0.25) is 0 Å². The van der Waals surface area contributed by atoms with Gasteiger partial charge >= 0.3 is 0 Å². The van der Waals surface area contributed by atoms with Crippen LogP contribution in [-0.4, -0.2) is 9.55 Å². The second-order valence-corrected chi connectivity index (χ2v) is 5.09. The standard InChI is InChI=1S/C15H18FN3/c1-2-5-13-18-14(11-6-3-4-7-12(11)16)15(17)19(13)10-8-9-10/h3-4,6-7,10H,2,5,8-9,17H2,1H3. The molecule has 0 saturated heterocycles. The van der Waals surface area contributed by atoms with Gasteiger partial charge in [-0.1, -0.05) is 19.1 Å². The van der Waals surface area contributed by atoms with Crippen LogP contribution in [0.2, 0.25) is 0 Å². The van der Waals surface area contributed by atoms with Crippen LogP contribution in [0.3, 0.4) is 0 Å². The van der Waals surface area contributed by atoms with Gasteiger partial charge in [-0.05, 0) is 31.4 Å². The first-order valence-corrected chi connectivity index (χ1v) is 6.83. The topological polar surface area (TPSA) is 43.8 Å². The predicted molar refractivity (Wildman–Crippen MR) is 74.3 cm³/mol. The summed E-state index contributed by atoms with van der Waals surface area (Å²) in [6, 6.07) is 7.15. The van der Waals surface area contributed by atoms with Crippen LogP contribution in [0.15, 0.2) is 24.3 Å². The van der Waals surface area contributed by atoms with E-state index in [1.54, 1.807) is 12.1 Å². The van der Waals surface area contributed by atoms with Crippen molar-refractivity contribution >= 4 is 5.82 Å². The highest BCUT2D eigenvalue weighted by molar-refractivity contribution is 5.71. The second-order valence-electron chi connectivity index (χ2n) is 5.09. The van der Waals surface area contributed by atoms with Crippen LogP contribution >= 0.6 is 0 Å². The van der Waals surface area contributed by atoms with E-state index in [9.17, 15) is 4.39 Å². The number of benzene rings is 1. The van der Waals surface area contributed by atoms with Gasteiger partial charge in [-0.15, -0.1) is 0 Å². The van der Waals surface area contributed by atoms with Crippen molar-refractivity contribution in [3.8, 4) is 11.3 Å². The van der Waals surface area contributed by atoms with Crippen molar-refractivity contribution in [3.63, 3.8) is 0 Å². The lowest BCUT2D eigenvalue weighted by atomic mass is 10.1. The fourth-order valence-corrected chi connectivity index (χ4v) is 2.48. The van der Waals surface area contributed by atoms with Gasteiger partial charge in [0, 0.05) is 18.0 Å². The maximum Gasteiger partial charge on any atom is 0.132 e. The van der Waals surface area contributed by atoms with Gasteiger partial charge in [-0.3, -0.25) is 0 Å². The number of halogens is 1. The van der Waals surface area contributed by atoms with Crippen molar-refractivity contribution in [2.45, 2.75) is 38.6 Å². The van der Waals surface area contributed by atoms with Crippen molar-refractivity contribution in [1.29, 1.82) is 0 Å². The van der Waals surface area contributed by atoms with E-state index in [2.05, 4.69) is 16.5 Å². The lowest BCUT2D eigenvalue weighted by Gasteiger charge is -2.07. The molecule has 1 heterocycles. The minimum atomic E-state index is -0.266. The Morgan fingerprint density at radius 3 is 2.74 bits per heavy atom. The molecule has 2 aromatic rings. The Hall–Kier alpha value is -1.84. The Bertz CT molecular complexity index is 599. The summed E-state index contributed by atoms with van der Waals surface area (Å²) >= 11 is 0. The largest absolute Gasteiger partial charge is 0.383 e. The molecule has 4 heteroatoms. The molecule has 0 spiro atoms. The molecule has 1 aromatic heterocycles. The van der Waals surface area contributed by atoms with E-state index >= 15 is 0 Å². The number of hydrogen-bond acceptors (Lipinski definition) is 2. The summed E-state index contributed by atoms with van der Waals surface area (Å²) < 4.78 is 16.0. The number of imidazole rings is 1. The molecule has 3 rings (SSSR count). The Morgan fingerprint density at radius 1 is 1.37 bits per heavy atom. The molecule has 0 radical (unpaired) electrons. The van der Waals surface area contributed by atoms with Crippen molar-refractivity contribution in [2.24, 2.45) is 0 Å². The van der Waals surface area contributed by atoms with Gasteiger partial charge in [-0.2, -0.15) is 0 Å². The minimum Gasteiger partial charge on any atom is -0.383 e. The fourth-order valence-electron chi connectivity index (χ4n) is 2.48. The number of rotatable bonds is 4. The first-order chi connectivity index (χ1) is 9.22. The highest BCUT2D eigenvalue weighted by atomic mass is 19.1. The summed E-state index contributed by atoms with van der Waals surface area (Å²) in [5, 5.41) is 0. The van der Waals surface area contributed by atoms with Gasteiger partial charge in [-0.25, -0.2) is 9.37 Å². The Kier molecular flexibility index (Phi) is 3.01. The van der Waals surface area contributed by atoms with E-state index < -0.39 is 0 Å². The normalized spacial score (nSPS) is 14.8. The molecule has 1 aliphatic carbocycles. The summed E-state index contributed by atoms with van der Waals surface area (Å²) in [6.45, 7) is 2.12. The van der Waals surface area contributed by atoms with E-state index in [1.807, 2.05) is 6.07 Å². The van der Waals surface area contributed by atoms with Crippen molar-refractivity contribution in [2.75, 3.05) is 5.73 Å². The predicted octanol–water partition coefficient (Wildman–Crippen LogP) is 3.56. The fraction of sp³-hybridized carbons (Fsp3) is 0.400. The van der Waals surface area contributed by atoms with Crippen LogP contribution in [0, 0.1) is 5.82 Å². The maximum atomic E-state index is 13.9. The summed E-state index contributed by atoms with van der Waals surface area (Å²) in [7, 11) is 0. The average molecular weight is 259 g/mol. The van der Waals surface area contributed by atoms with E-state index in [0.717, 1.165) is 31.5 Å². The second kappa shape index (κ2) is 4.68. The molecule has 1 aliphatic rings. The summed E-state index contributed by atoms with van der Waals surface area (Å²) in [6.07, 6.45) is 4.19. The van der Waals surface area contributed by atoms with Gasteiger partial charge in [0.15, 0.2) is 0 Å². The number of hydrogen-bond donors (Lipinski definition) is 1. The highest BCUT2D eigenvalue weighted by Gasteiger charge is 2.30. The highest BCUT2D eigenvalue weighted by Crippen LogP contribution is 2.41. The molecule has 1 aromatic carbocycles. The van der Waals surface area contributed by atoms with E-state index in [4.69, 9.17) is 5.73 Å². The first-order valence-electron chi connectivity index (χ1n) is 6.83. The molecule has 2 N–H and O–H groups in total. The third kappa shape index (κ3) is 2.11. The molecule has 3 nitrogen and oxygen atoms in total. The monoisotopic (exact) mass is 259 g/mol. The number of nitrogen functional groups attached to an aromatic ring is 1. The molecule has 1 fully saturated rings. The quantitative estimate of drug-likeness (QED) is 0.912. The number of aromatic nitrogens is 2. The van der Waals surface area contributed by atoms with Crippen molar-refractivity contribution < 1.29 is 4.39 Å². The Balaban J connectivity index is 2.12. The van der Waals surface area contributed by atoms with Crippen LogP contribution in [0.5, 0.6) is 0 Å². The first kappa shape index (κ1) is 12.2. The number of aryl methyl sites for hydroxylation is 1. The zero-order valence-electron chi connectivity index (χ0n) is 11.1. The lowest BCUT2D eigenvalue weighted by molar-refractivity contribution is 0.631. The maximum absolute atomic E-state index is 13.9. The smallest absolute Gasteiger partial charge is 0.132 e. The third-order valence-corrected chi connectivity index (χ3v) is 3.54. The molecule has 0 aliphatic heterocycles. The van der Waals surface area contributed by atoms with Crippen molar-refractivity contribution in [3.05, 3.63) is 35.9 Å². The number of anilines is 1. The molecule has 1 saturated carbocycles. The summed E-state index contributed by atoms with van der Waals surface area (Å²) in [5.74, 6) is 1.33. The molecular formula is C15H18FN3. The number of nitrogens with zero attached hydrogens (tertiary/aromatic N) is 2. The SMILES string of the molecule is CCCc1nc(-c2ccccc2F)c(N)n1C1CC1. The zero-order chi connectivity index (χ0) is 13.4. The van der Waals surface area contributed by atoms with Crippen LogP contribution in [0.1, 0.15) is 38.1 Å². The third-order valence-electron chi connectivity index (χ3n) is 3.54.